The molecule has 0 saturated carbocycles. The van der Waals surface area contributed by atoms with Gasteiger partial charge in [-0.25, -0.2) is 4.98 Å². The van der Waals surface area contributed by atoms with Crippen LogP contribution >= 0.6 is 11.3 Å². The van der Waals surface area contributed by atoms with Crippen LogP contribution in [0, 0.1) is 6.92 Å². The summed E-state index contributed by atoms with van der Waals surface area (Å²) < 4.78 is 1.98. The molecule has 0 aliphatic heterocycles. The molecule has 0 saturated heterocycles. The van der Waals surface area contributed by atoms with Crippen molar-refractivity contribution in [2.75, 3.05) is 5.73 Å². The van der Waals surface area contributed by atoms with Gasteiger partial charge in [-0.1, -0.05) is 6.07 Å². The lowest BCUT2D eigenvalue weighted by atomic mass is 10.1. The lowest BCUT2D eigenvalue weighted by Gasteiger charge is -2.04. The van der Waals surface area contributed by atoms with Gasteiger partial charge in [-0.3, -0.25) is 0 Å². The van der Waals surface area contributed by atoms with E-state index in [0.29, 0.717) is 0 Å². The van der Waals surface area contributed by atoms with E-state index in [1.807, 2.05) is 24.7 Å². The van der Waals surface area contributed by atoms with E-state index in [0.717, 1.165) is 22.4 Å². The highest BCUT2D eigenvalue weighted by molar-refractivity contribution is 7.13. The molecule has 3 nitrogen and oxygen atoms in total. The topological polar surface area (TPSA) is 43.8 Å². The summed E-state index contributed by atoms with van der Waals surface area (Å²) in [5.41, 5.74) is 10.0. The predicted octanol–water partition coefficient (Wildman–Crippen LogP) is 3.19. The number of nitrogen functional groups attached to an aromatic ring is 1. The summed E-state index contributed by atoms with van der Waals surface area (Å²) in [6.45, 7) is 2.01. The van der Waals surface area contributed by atoms with Gasteiger partial charge >= 0.3 is 0 Å². The molecular weight excluding hydrogens is 230 g/mol. The van der Waals surface area contributed by atoms with Gasteiger partial charge < -0.3 is 10.3 Å². The first-order valence-corrected chi connectivity index (χ1v) is 6.31. The van der Waals surface area contributed by atoms with Gasteiger partial charge in [0.15, 0.2) is 0 Å². The number of nitrogens with zero attached hydrogens (tertiary/aromatic N) is 2. The molecule has 3 heterocycles. The smallest absolute Gasteiger partial charge is 0.142 e. The minimum absolute atomic E-state index is 0.790. The van der Waals surface area contributed by atoms with Gasteiger partial charge in [-0.05, 0) is 24.4 Å². The van der Waals surface area contributed by atoms with E-state index in [2.05, 4.69) is 28.6 Å². The highest BCUT2D eigenvalue weighted by atomic mass is 32.1. The number of nitrogens with two attached hydrogens (primary N) is 1. The Kier molecular flexibility index (Phi) is 2.19. The fourth-order valence-electron chi connectivity index (χ4n) is 2.16. The van der Waals surface area contributed by atoms with Crippen molar-refractivity contribution in [2.24, 2.45) is 7.05 Å². The fraction of sp³-hybridized carbons (Fsp3) is 0.154. The maximum atomic E-state index is 6.08. The lowest BCUT2D eigenvalue weighted by molar-refractivity contribution is 0.944. The van der Waals surface area contributed by atoms with Gasteiger partial charge in [-0.15, -0.1) is 11.3 Å². The average Bonchev–Trinajstić information content (AvgIpc) is 2.88. The average molecular weight is 243 g/mol. The van der Waals surface area contributed by atoms with Crippen molar-refractivity contribution in [2.45, 2.75) is 6.92 Å². The number of anilines is 1. The maximum Gasteiger partial charge on any atom is 0.142 e. The summed E-state index contributed by atoms with van der Waals surface area (Å²) in [7, 11) is 1.98. The van der Waals surface area contributed by atoms with E-state index in [9.17, 15) is 0 Å². The minimum atomic E-state index is 0.790. The Morgan fingerprint density at radius 2 is 2.24 bits per heavy atom. The molecule has 0 amide bonds. The molecule has 86 valence electrons. The third-order valence-corrected chi connectivity index (χ3v) is 3.77. The van der Waals surface area contributed by atoms with Crippen molar-refractivity contribution in [1.29, 1.82) is 0 Å². The number of aryl methyl sites for hydroxylation is 2. The molecular formula is C13H13N3S. The maximum absolute atomic E-state index is 6.08. The van der Waals surface area contributed by atoms with Crippen LogP contribution in [0.1, 0.15) is 5.69 Å². The van der Waals surface area contributed by atoms with E-state index >= 15 is 0 Å². The monoisotopic (exact) mass is 243 g/mol. The Labute approximate surface area is 104 Å². The van der Waals surface area contributed by atoms with Gasteiger partial charge in [0.05, 0.1) is 11.1 Å². The quantitative estimate of drug-likeness (QED) is 0.713. The van der Waals surface area contributed by atoms with E-state index in [1.165, 1.54) is 10.4 Å². The first-order chi connectivity index (χ1) is 8.16. The summed E-state index contributed by atoms with van der Waals surface area (Å²) in [5, 5.41) is 3.14. The minimum Gasteiger partial charge on any atom is -0.397 e. The number of hydrogen-bond donors (Lipinski definition) is 1. The normalized spacial score (nSPS) is 11.2. The zero-order chi connectivity index (χ0) is 12.0. The molecule has 3 aromatic heterocycles. The second-order valence-electron chi connectivity index (χ2n) is 4.18. The number of thiophene rings is 1. The van der Waals surface area contributed by atoms with Crippen molar-refractivity contribution in [1.82, 2.24) is 9.55 Å². The molecule has 2 N–H and O–H groups in total. The Bertz CT molecular complexity index is 680. The molecule has 0 fully saturated rings. The van der Waals surface area contributed by atoms with E-state index in [4.69, 9.17) is 5.73 Å². The van der Waals surface area contributed by atoms with Crippen LogP contribution in [0.15, 0.2) is 29.8 Å². The zero-order valence-corrected chi connectivity index (χ0v) is 10.6. The number of fused-ring (bicyclic) bond motifs is 1. The van der Waals surface area contributed by atoms with Gasteiger partial charge in [0.25, 0.3) is 0 Å². The van der Waals surface area contributed by atoms with Crippen LogP contribution in [0.5, 0.6) is 0 Å². The molecule has 0 atom stereocenters. The highest BCUT2D eigenvalue weighted by Gasteiger charge is 2.13. The first-order valence-electron chi connectivity index (χ1n) is 5.43. The van der Waals surface area contributed by atoms with Crippen molar-refractivity contribution >= 4 is 28.1 Å². The van der Waals surface area contributed by atoms with Crippen molar-refractivity contribution in [3.63, 3.8) is 0 Å². The van der Waals surface area contributed by atoms with Crippen LogP contribution in [0.25, 0.3) is 21.5 Å². The molecule has 0 spiro atoms. The zero-order valence-electron chi connectivity index (χ0n) is 9.77. The molecule has 3 rings (SSSR count). The largest absolute Gasteiger partial charge is 0.397 e. The third kappa shape index (κ3) is 1.52. The Balaban J connectivity index is 2.45. The molecule has 4 heteroatoms. The molecule has 0 aliphatic rings. The first kappa shape index (κ1) is 10.4. The van der Waals surface area contributed by atoms with Gasteiger partial charge in [0.1, 0.15) is 5.65 Å². The Hall–Kier alpha value is -1.81. The van der Waals surface area contributed by atoms with Crippen LogP contribution in [0.2, 0.25) is 0 Å². The summed E-state index contributed by atoms with van der Waals surface area (Å²) in [5.74, 6) is 0. The Morgan fingerprint density at radius 1 is 1.41 bits per heavy atom. The van der Waals surface area contributed by atoms with Gasteiger partial charge in [0, 0.05) is 29.4 Å². The van der Waals surface area contributed by atoms with Crippen molar-refractivity contribution in [3.05, 3.63) is 35.5 Å². The van der Waals surface area contributed by atoms with Crippen LogP contribution < -0.4 is 5.73 Å². The molecule has 0 radical (unpaired) electrons. The molecule has 0 unspecified atom stereocenters. The number of pyridine rings is 1. The Morgan fingerprint density at radius 3 is 2.94 bits per heavy atom. The second kappa shape index (κ2) is 3.60. The second-order valence-corrected chi connectivity index (χ2v) is 5.13. The summed E-state index contributed by atoms with van der Waals surface area (Å²) in [6.07, 6.45) is 1.92. The van der Waals surface area contributed by atoms with Crippen LogP contribution in [-0.4, -0.2) is 9.55 Å². The molecule has 17 heavy (non-hydrogen) atoms. The van der Waals surface area contributed by atoms with E-state index < -0.39 is 0 Å². The van der Waals surface area contributed by atoms with Crippen molar-refractivity contribution in [3.8, 4) is 10.4 Å². The number of hydrogen-bond acceptors (Lipinski definition) is 3. The number of rotatable bonds is 1. The van der Waals surface area contributed by atoms with Crippen LogP contribution in [-0.2, 0) is 7.05 Å². The summed E-state index contributed by atoms with van der Waals surface area (Å²) >= 11 is 1.72. The molecule has 3 aromatic rings. The SMILES string of the molecule is Cc1cc(-c2cccs2)c2c(N)cn(C)c2n1. The van der Waals surface area contributed by atoms with E-state index in [1.54, 1.807) is 11.3 Å². The summed E-state index contributed by atoms with van der Waals surface area (Å²) in [6, 6.07) is 6.27. The van der Waals surface area contributed by atoms with Gasteiger partial charge in [-0.2, -0.15) is 0 Å². The summed E-state index contributed by atoms with van der Waals surface area (Å²) in [4.78, 5) is 5.79. The lowest BCUT2D eigenvalue weighted by Crippen LogP contribution is -1.91. The van der Waals surface area contributed by atoms with Crippen molar-refractivity contribution < 1.29 is 0 Å². The predicted molar refractivity (Wildman–Crippen MR) is 73.2 cm³/mol. The van der Waals surface area contributed by atoms with Gasteiger partial charge in [0.2, 0.25) is 0 Å². The highest BCUT2D eigenvalue weighted by Crippen LogP contribution is 2.35. The number of aromatic nitrogens is 2. The van der Waals surface area contributed by atoms with Crippen LogP contribution in [0.3, 0.4) is 0 Å². The fourth-order valence-corrected chi connectivity index (χ4v) is 2.91. The third-order valence-electron chi connectivity index (χ3n) is 2.87. The molecule has 0 bridgehead atoms. The molecule has 0 aromatic carbocycles. The standard InChI is InChI=1S/C13H13N3S/c1-8-6-9(11-4-3-5-17-11)12-10(14)7-16(2)13(12)15-8/h3-7H,14H2,1-2H3. The van der Waals surface area contributed by atoms with Crippen LogP contribution in [0.4, 0.5) is 5.69 Å². The molecule has 0 aliphatic carbocycles. The van der Waals surface area contributed by atoms with E-state index in [-0.39, 0.29) is 0 Å².